The third-order valence-electron chi connectivity index (χ3n) is 5.13. The van der Waals surface area contributed by atoms with Crippen LogP contribution < -0.4 is 4.90 Å². The molecule has 1 fully saturated rings. The molecule has 1 aliphatic heterocycles. The zero-order valence-electron chi connectivity index (χ0n) is 16.7. The molecular formula is C21H26N6O. The van der Waals surface area contributed by atoms with Crippen molar-refractivity contribution in [1.82, 2.24) is 25.2 Å². The van der Waals surface area contributed by atoms with Crippen LogP contribution in [0.25, 0.3) is 11.3 Å². The second-order valence-electron chi connectivity index (χ2n) is 7.56. The zero-order valence-corrected chi connectivity index (χ0v) is 16.7. The maximum Gasteiger partial charge on any atom is 0.240 e. The summed E-state index contributed by atoms with van der Waals surface area (Å²) in [7, 11) is 0. The van der Waals surface area contributed by atoms with Crippen LogP contribution in [0.3, 0.4) is 0 Å². The van der Waals surface area contributed by atoms with E-state index in [1.54, 1.807) is 0 Å². The Morgan fingerprint density at radius 3 is 2.43 bits per heavy atom. The minimum absolute atomic E-state index is 0.288. The van der Waals surface area contributed by atoms with Crippen LogP contribution in [0.2, 0.25) is 0 Å². The average Bonchev–Trinajstić information content (AvgIpc) is 3.18. The van der Waals surface area contributed by atoms with Gasteiger partial charge in [-0.25, -0.2) is 0 Å². The van der Waals surface area contributed by atoms with E-state index in [2.05, 4.69) is 75.2 Å². The van der Waals surface area contributed by atoms with E-state index in [0.29, 0.717) is 12.4 Å². The minimum atomic E-state index is 0.288. The summed E-state index contributed by atoms with van der Waals surface area (Å²) in [5.41, 5.74) is 3.25. The second-order valence-corrected chi connectivity index (χ2v) is 7.56. The summed E-state index contributed by atoms with van der Waals surface area (Å²) in [6, 6.07) is 12.4. The smallest absolute Gasteiger partial charge is 0.240 e. The summed E-state index contributed by atoms with van der Waals surface area (Å²) in [5, 5.41) is 13.0. The summed E-state index contributed by atoms with van der Waals surface area (Å²) < 4.78 is 5.37. The molecule has 146 valence electrons. The first-order valence-electron chi connectivity index (χ1n) is 9.79. The van der Waals surface area contributed by atoms with Crippen molar-refractivity contribution >= 4 is 5.82 Å². The van der Waals surface area contributed by atoms with Gasteiger partial charge in [0.05, 0.1) is 12.2 Å². The Labute approximate surface area is 165 Å². The highest BCUT2D eigenvalue weighted by Gasteiger charge is 2.21. The monoisotopic (exact) mass is 378 g/mol. The van der Waals surface area contributed by atoms with E-state index < -0.39 is 0 Å². The Kier molecular flexibility index (Phi) is 5.34. The van der Waals surface area contributed by atoms with Crippen molar-refractivity contribution < 1.29 is 4.52 Å². The number of nitrogens with zero attached hydrogens (tertiary/aromatic N) is 6. The standard InChI is InChI=1S/C21H26N6O/c1-15(2)21-22-20(28-25-21)14-26-10-12-27(13-11-26)19-9-8-18(23-24-19)17-7-5-4-6-16(17)3/h4-9,15H,10-14H2,1-3H3. The summed E-state index contributed by atoms with van der Waals surface area (Å²) in [5.74, 6) is 2.68. The van der Waals surface area contributed by atoms with E-state index in [-0.39, 0.29) is 5.92 Å². The number of anilines is 1. The number of piperazine rings is 1. The number of rotatable bonds is 5. The quantitative estimate of drug-likeness (QED) is 0.675. The molecule has 3 heterocycles. The molecule has 3 aromatic rings. The third kappa shape index (κ3) is 4.04. The van der Waals surface area contributed by atoms with Crippen molar-refractivity contribution in [2.75, 3.05) is 31.1 Å². The molecule has 0 bridgehead atoms. The molecule has 1 aliphatic rings. The van der Waals surface area contributed by atoms with E-state index in [9.17, 15) is 0 Å². The predicted octanol–water partition coefficient (Wildman–Crippen LogP) is 3.28. The van der Waals surface area contributed by atoms with Gasteiger partial charge in [-0.1, -0.05) is 43.3 Å². The Bertz CT molecular complexity index is 913. The highest BCUT2D eigenvalue weighted by molar-refractivity contribution is 5.63. The van der Waals surface area contributed by atoms with Gasteiger partial charge in [0.15, 0.2) is 11.6 Å². The fourth-order valence-corrected chi connectivity index (χ4v) is 3.39. The maximum atomic E-state index is 5.37. The third-order valence-corrected chi connectivity index (χ3v) is 5.13. The summed E-state index contributed by atoms with van der Waals surface area (Å²) in [6.07, 6.45) is 0. The van der Waals surface area contributed by atoms with Crippen molar-refractivity contribution in [2.45, 2.75) is 33.2 Å². The molecule has 0 amide bonds. The van der Waals surface area contributed by atoms with Gasteiger partial charge < -0.3 is 9.42 Å². The number of hydrogen-bond acceptors (Lipinski definition) is 7. The van der Waals surface area contributed by atoms with Gasteiger partial charge in [-0.05, 0) is 24.6 Å². The predicted molar refractivity (Wildman–Crippen MR) is 108 cm³/mol. The van der Waals surface area contributed by atoms with Crippen molar-refractivity contribution in [2.24, 2.45) is 0 Å². The topological polar surface area (TPSA) is 71.2 Å². The van der Waals surface area contributed by atoms with E-state index >= 15 is 0 Å². The first-order valence-corrected chi connectivity index (χ1v) is 9.79. The van der Waals surface area contributed by atoms with Crippen molar-refractivity contribution in [3.8, 4) is 11.3 Å². The first kappa shape index (κ1) is 18.6. The fourth-order valence-electron chi connectivity index (χ4n) is 3.39. The fraction of sp³-hybridized carbons (Fsp3) is 0.429. The second kappa shape index (κ2) is 8.06. The van der Waals surface area contributed by atoms with Gasteiger partial charge in [-0.2, -0.15) is 4.98 Å². The van der Waals surface area contributed by atoms with E-state index in [4.69, 9.17) is 4.52 Å². The molecule has 0 radical (unpaired) electrons. The largest absolute Gasteiger partial charge is 0.353 e. The minimum Gasteiger partial charge on any atom is -0.353 e. The van der Waals surface area contributed by atoms with Crippen LogP contribution in [0.1, 0.15) is 37.0 Å². The summed E-state index contributed by atoms with van der Waals surface area (Å²) >= 11 is 0. The van der Waals surface area contributed by atoms with E-state index in [1.165, 1.54) is 5.56 Å². The molecule has 1 saturated heterocycles. The van der Waals surface area contributed by atoms with Gasteiger partial charge in [-0.15, -0.1) is 10.2 Å². The van der Waals surface area contributed by atoms with E-state index in [0.717, 1.165) is 49.1 Å². The summed E-state index contributed by atoms with van der Waals surface area (Å²) in [6.45, 7) is 10.6. The van der Waals surface area contributed by atoms with Crippen LogP contribution in [0.4, 0.5) is 5.82 Å². The number of aromatic nitrogens is 4. The van der Waals surface area contributed by atoms with Crippen molar-refractivity contribution in [3.05, 3.63) is 53.7 Å². The number of benzene rings is 1. The Morgan fingerprint density at radius 1 is 1.00 bits per heavy atom. The van der Waals surface area contributed by atoms with Gasteiger partial charge in [0.2, 0.25) is 5.89 Å². The summed E-state index contributed by atoms with van der Waals surface area (Å²) in [4.78, 5) is 9.08. The Morgan fingerprint density at radius 2 is 1.79 bits per heavy atom. The van der Waals surface area contributed by atoms with Crippen LogP contribution in [-0.4, -0.2) is 51.4 Å². The molecule has 0 atom stereocenters. The molecular weight excluding hydrogens is 352 g/mol. The highest BCUT2D eigenvalue weighted by Crippen LogP contribution is 2.22. The Balaban J connectivity index is 1.35. The lowest BCUT2D eigenvalue weighted by Crippen LogP contribution is -2.46. The molecule has 0 aliphatic carbocycles. The zero-order chi connectivity index (χ0) is 19.5. The van der Waals surface area contributed by atoms with Gasteiger partial charge in [0.1, 0.15) is 0 Å². The lowest BCUT2D eigenvalue weighted by atomic mass is 10.1. The van der Waals surface area contributed by atoms with Gasteiger partial charge in [0.25, 0.3) is 0 Å². The molecule has 0 N–H and O–H groups in total. The first-order chi connectivity index (χ1) is 13.6. The van der Waals surface area contributed by atoms with Crippen LogP contribution in [0, 0.1) is 6.92 Å². The van der Waals surface area contributed by atoms with Crippen LogP contribution in [0.5, 0.6) is 0 Å². The highest BCUT2D eigenvalue weighted by atomic mass is 16.5. The van der Waals surface area contributed by atoms with Crippen LogP contribution in [0.15, 0.2) is 40.9 Å². The lowest BCUT2D eigenvalue weighted by Gasteiger charge is -2.34. The number of aryl methyl sites for hydroxylation is 1. The van der Waals surface area contributed by atoms with Gasteiger partial charge >= 0.3 is 0 Å². The molecule has 4 rings (SSSR count). The average molecular weight is 378 g/mol. The van der Waals surface area contributed by atoms with Crippen molar-refractivity contribution in [3.63, 3.8) is 0 Å². The maximum absolute atomic E-state index is 5.37. The molecule has 1 aromatic carbocycles. The molecule has 0 saturated carbocycles. The van der Waals surface area contributed by atoms with Gasteiger partial charge in [-0.3, -0.25) is 4.90 Å². The van der Waals surface area contributed by atoms with Gasteiger partial charge in [0, 0.05) is 37.7 Å². The number of hydrogen-bond donors (Lipinski definition) is 0. The molecule has 7 heteroatoms. The molecule has 7 nitrogen and oxygen atoms in total. The normalized spacial score (nSPS) is 15.4. The van der Waals surface area contributed by atoms with Crippen molar-refractivity contribution in [1.29, 1.82) is 0 Å². The molecule has 2 aromatic heterocycles. The molecule has 0 spiro atoms. The molecule has 0 unspecified atom stereocenters. The van der Waals surface area contributed by atoms with E-state index in [1.807, 2.05) is 12.1 Å². The Hall–Kier alpha value is -2.80. The van der Waals surface area contributed by atoms with Crippen LogP contribution >= 0.6 is 0 Å². The SMILES string of the molecule is Cc1ccccc1-c1ccc(N2CCN(Cc3nc(C(C)C)no3)CC2)nn1. The van der Waals surface area contributed by atoms with Crippen LogP contribution in [-0.2, 0) is 6.54 Å². The molecule has 28 heavy (non-hydrogen) atoms. The lowest BCUT2D eigenvalue weighted by molar-refractivity contribution is 0.215.